The SMILES string of the molecule is Cc1ccc(NS(=O)(=O)c2ccc(NC(=S)NC(=O)c3ccccc3OCC(C)C)cc2)c(C)c1. The average molecular weight is 512 g/mol. The van der Waals surface area contributed by atoms with Crippen LogP contribution in [0.5, 0.6) is 5.75 Å². The van der Waals surface area contributed by atoms with Crippen molar-refractivity contribution in [3.8, 4) is 5.75 Å². The maximum Gasteiger partial charge on any atom is 0.261 e. The first-order valence-electron chi connectivity index (χ1n) is 11.1. The predicted molar refractivity (Wildman–Crippen MR) is 144 cm³/mol. The lowest BCUT2D eigenvalue weighted by Crippen LogP contribution is -2.34. The highest BCUT2D eigenvalue weighted by atomic mass is 32.2. The molecule has 0 aliphatic heterocycles. The van der Waals surface area contributed by atoms with E-state index in [1.165, 1.54) is 12.1 Å². The second-order valence-corrected chi connectivity index (χ2v) is 10.6. The number of thiocarbonyl (C=S) groups is 1. The van der Waals surface area contributed by atoms with Gasteiger partial charge in [0.05, 0.1) is 22.8 Å². The third kappa shape index (κ3) is 7.27. The Morgan fingerprint density at radius 3 is 2.34 bits per heavy atom. The van der Waals surface area contributed by atoms with E-state index in [4.69, 9.17) is 17.0 Å². The van der Waals surface area contributed by atoms with Crippen molar-refractivity contribution in [2.24, 2.45) is 5.92 Å². The van der Waals surface area contributed by atoms with E-state index in [1.54, 1.807) is 42.5 Å². The lowest BCUT2D eigenvalue weighted by atomic mass is 10.1. The second kappa shape index (κ2) is 11.3. The molecule has 0 bridgehead atoms. The molecule has 0 radical (unpaired) electrons. The number of carbonyl (C=O) groups is 1. The Bertz CT molecular complexity index is 1320. The highest BCUT2D eigenvalue weighted by Crippen LogP contribution is 2.22. The molecule has 35 heavy (non-hydrogen) atoms. The highest BCUT2D eigenvalue weighted by molar-refractivity contribution is 7.92. The number of ether oxygens (including phenoxy) is 1. The number of amides is 1. The van der Waals surface area contributed by atoms with Gasteiger partial charge in [0.1, 0.15) is 5.75 Å². The summed E-state index contributed by atoms with van der Waals surface area (Å²) < 4.78 is 33.9. The summed E-state index contributed by atoms with van der Waals surface area (Å²) in [6, 6.07) is 18.5. The summed E-state index contributed by atoms with van der Waals surface area (Å²) in [6.45, 7) is 8.33. The molecule has 1 amide bonds. The summed E-state index contributed by atoms with van der Waals surface area (Å²) >= 11 is 5.27. The van der Waals surface area contributed by atoms with Crippen LogP contribution in [0.15, 0.2) is 71.6 Å². The van der Waals surface area contributed by atoms with Gasteiger partial charge in [-0.3, -0.25) is 14.8 Å². The average Bonchev–Trinajstić information content (AvgIpc) is 2.80. The zero-order valence-corrected chi connectivity index (χ0v) is 21.7. The van der Waals surface area contributed by atoms with E-state index in [1.807, 2.05) is 39.8 Å². The first-order chi connectivity index (χ1) is 16.5. The number of sulfonamides is 1. The number of nitrogens with one attached hydrogen (secondary N) is 3. The van der Waals surface area contributed by atoms with Crippen LogP contribution < -0.4 is 20.1 Å². The molecule has 0 saturated heterocycles. The van der Waals surface area contributed by atoms with Crippen LogP contribution in [0.2, 0.25) is 0 Å². The molecule has 9 heteroatoms. The van der Waals surface area contributed by atoms with Gasteiger partial charge in [-0.25, -0.2) is 8.42 Å². The molecule has 3 N–H and O–H groups in total. The van der Waals surface area contributed by atoms with Crippen molar-refractivity contribution in [1.29, 1.82) is 0 Å². The number of para-hydroxylation sites is 1. The van der Waals surface area contributed by atoms with E-state index in [2.05, 4.69) is 15.4 Å². The smallest absolute Gasteiger partial charge is 0.261 e. The van der Waals surface area contributed by atoms with Crippen molar-refractivity contribution in [2.75, 3.05) is 16.6 Å². The first-order valence-corrected chi connectivity index (χ1v) is 13.0. The molecule has 3 aromatic rings. The van der Waals surface area contributed by atoms with E-state index in [-0.39, 0.29) is 10.0 Å². The summed E-state index contributed by atoms with van der Waals surface area (Å²) in [5.74, 6) is 0.392. The Balaban J connectivity index is 1.63. The van der Waals surface area contributed by atoms with Crippen LogP contribution in [-0.2, 0) is 10.0 Å². The normalized spacial score (nSPS) is 11.1. The Labute approximate surface area is 212 Å². The van der Waals surface area contributed by atoms with Gasteiger partial charge < -0.3 is 10.1 Å². The van der Waals surface area contributed by atoms with Crippen molar-refractivity contribution in [3.05, 3.63) is 83.4 Å². The molecule has 0 spiro atoms. The minimum Gasteiger partial charge on any atom is -0.492 e. The first kappa shape index (κ1) is 26.2. The van der Waals surface area contributed by atoms with Gasteiger partial charge in [-0.05, 0) is 80.0 Å². The molecule has 0 aromatic heterocycles. The molecule has 0 heterocycles. The fraction of sp³-hybridized carbons (Fsp3) is 0.231. The van der Waals surface area contributed by atoms with Crippen molar-refractivity contribution in [1.82, 2.24) is 5.32 Å². The molecule has 3 aromatic carbocycles. The zero-order chi connectivity index (χ0) is 25.6. The minimum atomic E-state index is -3.76. The van der Waals surface area contributed by atoms with E-state index in [0.717, 1.165) is 11.1 Å². The Morgan fingerprint density at radius 2 is 1.69 bits per heavy atom. The molecule has 184 valence electrons. The fourth-order valence-electron chi connectivity index (χ4n) is 3.22. The maximum atomic E-state index is 12.8. The van der Waals surface area contributed by atoms with Crippen LogP contribution in [0.4, 0.5) is 11.4 Å². The van der Waals surface area contributed by atoms with Crippen LogP contribution in [0.1, 0.15) is 35.3 Å². The summed E-state index contributed by atoms with van der Waals surface area (Å²) in [4.78, 5) is 12.8. The third-order valence-corrected chi connectivity index (χ3v) is 6.57. The molecule has 0 aliphatic carbocycles. The number of benzene rings is 3. The molecule has 0 unspecified atom stereocenters. The number of hydrogen-bond acceptors (Lipinski definition) is 5. The standard InChI is InChI=1S/C26H29N3O4S2/c1-17(2)16-33-24-8-6-5-7-22(24)25(30)28-26(34)27-20-10-12-21(13-11-20)35(31,32)29-23-14-9-18(3)15-19(23)4/h5-15,17,29H,16H2,1-4H3,(H2,27,28,30,34). The highest BCUT2D eigenvalue weighted by Gasteiger charge is 2.17. The summed E-state index contributed by atoms with van der Waals surface area (Å²) in [6.07, 6.45) is 0. The van der Waals surface area contributed by atoms with Gasteiger partial charge in [-0.15, -0.1) is 0 Å². The van der Waals surface area contributed by atoms with E-state index < -0.39 is 15.9 Å². The molecule has 0 fully saturated rings. The predicted octanol–water partition coefficient (Wildman–Crippen LogP) is 5.27. The van der Waals surface area contributed by atoms with Crippen LogP contribution in [-0.4, -0.2) is 26.0 Å². The fourth-order valence-corrected chi connectivity index (χ4v) is 4.56. The Morgan fingerprint density at radius 1 is 1.00 bits per heavy atom. The number of anilines is 2. The van der Waals surface area contributed by atoms with E-state index in [0.29, 0.717) is 35.2 Å². The van der Waals surface area contributed by atoms with Gasteiger partial charge in [0.2, 0.25) is 0 Å². The zero-order valence-electron chi connectivity index (χ0n) is 20.1. The van der Waals surface area contributed by atoms with Crippen molar-refractivity contribution in [2.45, 2.75) is 32.6 Å². The Kier molecular flexibility index (Phi) is 8.48. The maximum absolute atomic E-state index is 12.8. The van der Waals surface area contributed by atoms with Gasteiger partial charge in [-0.2, -0.15) is 0 Å². The van der Waals surface area contributed by atoms with E-state index in [9.17, 15) is 13.2 Å². The van der Waals surface area contributed by atoms with Crippen LogP contribution >= 0.6 is 12.2 Å². The van der Waals surface area contributed by atoms with E-state index >= 15 is 0 Å². The Hall–Kier alpha value is -3.43. The van der Waals surface area contributed by atoms with Gasteiger partial charge in [0.15, 0.2) is 5.11 Å². The molecule has 7 nitrogen and oxygen atoms in total. The molecular weight excluding hydrogens is 482 g/mol. The van der Waals surface area contributed by atoms with Crippen molar-refractivity contribution in [3.63, 3.8) is 0 Å². The van der Waals surface area contributed by atoms with Crippen molar-refractivity contribution >= 4 is 44.6 Å². The molecule has 0 aliphatic rings. The van der Waals surface area contributed by atoms with Gasteiger partial charge in [-0.1, -0.05) is 43.7 Å². The molecule has 0 saturated carbocycles. The summed E-state index contributed by atoms with van der Waals surface area (Å²) in [5.41, 5.74) is 3.32. The topological polar surface area (TPSA) is 96.5 Å². The lowest BCUT2D eigenvalue weighted by Gasteiger charge is -2.14. The quantitative estimate of drug-likeness (QED) is 0.357. The van der Waals surface area contributed by atoms with Crippen molar-refractivity contribution < 1.29 is 17.9 Å². The largest absolute Gasteiger partial charge is 0.492 e. The number of carbonyl (C=O) groups excluding carboxylic acids is 1. The molecule has 0 atom stereocenters. The third-order valence-electron chi connectivity index (χ3n) is 4.98. The van der Waals surface area contributed by atoms with Crippen LogP contribution in [0.3, 0.4) is 0 Å². The molecule has 3 rings (SSSR count). The number of hydrogen-bond donors (Lipinski definition) is 3. The molecular formula is C26H29N3O4S2. The summed E-state index contributed by atoms with van der Waals surface area (Å²) in [5, 5.41) is 5.61. The number of aryl methyl sites for hydroxylation is 2. The number of rotatable bonds is 8. The second-order valence-electron chi connectivity index (χ2n) is 8.56. The van der Waals surface area contributed by atoms with Crippen LogP contribution in [0, 0.1) is 19.8 Å². The summed E-state index contributed by atoms with van der Waals surface area (Å²) in [7, 11) is -3.76. The monoisotopic (exact) mass is 511 g/mol. The minimum absolute atomic E-state index is 0.0812. The van der Waals surface area contributed by atoms with Gasteiger partial charge in [0, 0.05) is 5.69 Å². The van der Waals surface area contributed by atoms with Crippen LogP contribution in [0.25, 0.3) is 0 Å². The van der Waals surface area contributed by atoms with Gasteiger partial charge >= 0.3 is 0 Å². The lowest BCUT2D eigenvalue weighted by molar-refractivity contribution is 0.0973. The van der Waals surface area contributed by atoms with Gasteiger partial charge in [0.25, 0.3) is 15.9 Å².